The fourth-order valence-corrected chi connectivity index (χ4v) is 1.79. The molecule has 20 heavy (non-hydrogen) atoms. The van der Waals surface area contributed by atoms with E-state index in [1.54, 1.807) is 18.2 Å². The number of hydrogen-bond acceptors (Lipinski definition) is 4. The molecular formula is C16H17NO3. The molecule has 0 unspecified atom stereocenters. The molecular weight excluding hydrogens is 254 g/mol. The first kappa shape index (κ1) is 13.9. The van der Waals surface area contributed by atoms with Crippen LogP contribution in [0.1, 0.15) is 15.9 Å². The van der Waals surface area contributed by atoms with Crippen LogP contribution in [0.5, 0.6) is 11.5 Å². The van der Waals surface area contributed by atoms with Crippen LogP contribution in [0.3, 0.4) is 0 Å². The van der Waals surface area contributed by atoms with Crippen molar-refractivity contribution in [1.29, 1.82) is 0 Å². The van der Waals surface area contributed by atoms with Gasteiger partial charge < -0.3 is 15.2 Å². The second-order valence-corrected chi connectivity index (χ2v) is 4.43. The molecule has 0 amide bonds. The zero-order chi connectivity index (χ0) is 14.4. The first-order valence-corrected chi connectivity index (χ1v) is 6.36. The van der Waals surface area contributed by atoms with Crippen molar-refractivity contribution in [3.63, 3.8) is 0 Å². The van der Waals surface area contributed by atoms with Gasteiger partial charge in [0, 0.05) is 5.56 Å². The van der Waals surface area contributed by atoms with E-state index in [0.717, 1.165) is 17.6 Å². The Morgan fingerprint density at radius 2 is 1.90 bits per heavy atom. The van der Waals surface area contributed by atoms with Gasteiger partial charge in [-0.25, -0.2) is 0 Å². The highest BCUT2D eigenvalue weighted by Crippen LogP contribution is 2.21. The molecule has 0 saturated carbocycles. The molecule has 0 aliphatic heterocycles. The highest BCUT2D eigenvalue weighted by molar-refractivity contribution is 5.78. The van der Waals surface area contributed by atoms with E-state index in [4.69, 9.17) is 15.2 Å². The average molecular weight is 271 g/mol. The van der Waals surface area contributed by atoms with Crippen molar-refractivity contribution in [1.82, 2.24) is 0 Å². The molecule has 0 aromatic heterocycles. The summed E-state index contributed by atoms with van der Waals surface area (Å²) in [7, 11) is 0. The van der Waals surface area contributed by atoms with Crippen molar-refractivity contribution in [2.45, 2.75) is 6.92 Å². The Labute approximate surface area is 118 Å². The van der Waals surface area contributed by atoms with Gasteiger partial charge in [-0.2, -0.15) is 0 Å². The molecule has 4 heteroatoms. The predicted molar refractivity (Wildman–Crippen MR) is 78.4 cm³/mol. The Kier molecular flexibility index (Phi) is 4.60. The number of aldehydes is 1. The number of carbonyl (C=O) groups is 1. The minimum absolute atomic E-state index is 0.387. The van der Waals surface area contributed by atoms with E-state index in [9.17, 15) is 4.79 Å². The number of nitrogen functional groups attached to an aromatic ring is 1. The molecule has 2 aromatic carbocycles. The molecule has 0 aliphatic rings. The third-order valence-corrected chi connectivity index (χ3v) is 2.77. The van der Waals surface area contributed by atoms with Crippen LogP contribution in [-0.2, 0) is 0 Å². The zero-order valence-electron chi connectivity index (χ0n) is 11.3. The highest BCUT2D eigenvalue weighted by Gasteiger charge is 2.02. The fraction of sp³-hybridized carbons (Fsp3) is 0.188. The van der Waals surface area contributed by atoms with Crippen LogP contribution in [0.25, 0.3) is 0 Å². The largest absolute Gasteiger partial charge is 0.490 e. The maximum atomic E-state index is 10.6. The first-order chi connectivity index (χ1) is 9.69. The van der Waals surface area contributed by atoms with Crippen LogP contribution in [0.2, 0.25) is 0 Å². The summed E-state index contributed by atoms with van der Waals surface area (Å²) in [4.78, 5) is 10.6. The van der Waals surface area contributed by atoms with Crippen molar-refractivity contribution in [2.75, 3.05) is 18.9 Å². The van der Waals surface area contributed by atoms with Crippen molar-refractivity contribution in [3.05, 3.63) is 53.6 Å². The van der Waals surface area contributed by atoms with Gasteiger partial charge in [0.1, 0.15) is 31.0 Å². The number of nitrogens with two attached hydrogens (primary N) is 1. The van der Waals surface area contributed by atoms with E-state index in [0.29, 0.717) is 30.2 Å². The molecule has 2 aromatic rings. The minimum Gasteiger partial charge on any atom is -0.490 e. The Morgan fingerprint density at radius 3 is 2.60 bits per heavy atom. The lowest BCUT2D eigenvalue weighted by Gasteiger charge is -2.10. The third kappa shape index (κ3) is 3.75. The fourth-order valence-electron chi connectivity index (χ4n) is 1.79. The molecule has 4 nitrogen and oxygen atoms in total. The number of ether oxygens (including phenoxy) is 2. The lowest BCUT2D eigenvalue weighted by atomic mass is 10.2. The van der Waals surface area contributed by atoms with Gasteiger partial charge in [-0.1, -0.05) is 12.1 Å². The van der Waals surface area contributed by atoms with Crippen molar-refractivity contribution in [3.8, 4) is 11.5 Å². The number of hydrogen-bond donors (Lipinski definition) is 1. The van der Waals surface area contributed by atoms with Gasteiger partial charge in [0.2, 0.25) is 0 Å². The molecule has 0 heterocycles. The van der Waals surface area contributed by atoms with E-state index in [1.807, 2.05) is 31.2 Å². The van der Waals surface area contributed by atoms with Crippen LogP contribution in [0.15, 0.2) is 42.5 Å². The summed E-state index contributed by atoms with van der Waals surface area (Å²) in [5.41, 5.74) is 7.92. The summed E-state index contributed by atoms with van der Waals surface area (Å²) in [6.45, 7) is 2.83. The molecule has 2 N–H and O–H groups in total. The summed E-state index contributed by atoms with van der Waals surface area (Å²) >= 11 is 0. The topological polar surface area (TPSA) is 61.5 Å². The predicted octanol–water partition coefficient (Wildman–Crippen LogP) is 2.85. The van der Waals surface area contributed by atoms with Crippen LogP contribution in [0, 0.1) is 6.92 Å². The standard InChI is InChI=1S/C16H17NO3/c1-12-3-2-4-14(9-12)19-7-8-20-16-6-5-13(11-18)10-15(16)17/h2-6,9-11H,7-8,17H2,1H3. The van der Waals surface area contributed by atoms with Gasteiger partial charge in [0.25, 0.3) is 0 Å². The van der Waals surface area contributed by atoms with Gasteiger partial charge in [-0.05, 0) is 42.8 Å². The maximum absolute atomic E-state index is 10.6. The normalized spacial score (nSPS) is 10.1. The van der Waals surface area contributed by atoms with Gasteiger partial charge in [0.05, 0.1) is 5.69 Å². The first-order valence-electron chi connectivity index (χ1n) is 6.36. The number of aryl methyl sites for hydroxylation is 1. The summed E-state index contributed by atoms with van der Waals surface area (Å²) in [5, 5.41) is 0. The Hall–Kier alpha value is -2.49. The molecule has 0 spiro atoms. The number of benzene rings is 2. The molecule has 0 fully saturated rings. The van der Waals surface area contributed by atoms with E-state index >= 15 is 0 Å². The molecule has 0 radical (unpaired) electrons. The third-order valence-electron chi connectivity index (χ3n) is 2.77. The monoisotopic (exact) mass is 271 g/mol. The van der Waals surface area contributed by atoms with Gasteiger partial charge in [-0.15, -0.1) is 0 Å². The smallest absolute Gasteiger partial charge is 0.150 e. The van der Waals surface area contributed by atoms with E-state index in [-0.39, 0.29) is 0 Å². The highest BCUT2D eigenvalue weighted by atomic mass is 16.5. The van der Waals surface area contributed by atoms with Crippen LogP contribution in [0.4, 0.5) is 5.69 Å². The Morgan fingerprint density at radius 1 is 1.10 bits per heavy atom. The summed E-state index contributed by atoms with van der Waals surface area (Å²) in [5.74, 6) is 1.38. The second kappa shape index (κ2) is 6.61. The number of anilines is 1. The van der Waals surface area contributed by atoms with Crippen LogP contribution in [-0.4, -0.2) is 19.5 Å². The number of carbonyl (C=O) groups excluding carboxylic acids is 1. The Bertz CT molecular complexity index is 596. The van der Waals surface area contributed by atoms with Gasteiger partial charge in [-0.3, -0.25) is 4.79 Å². The van der Waals surface area contributed by atoms with E-state index in [1.165, 1.54) is 0 Å². The summed E-state index contributed by atoms with van der Waals surface area (Å²) in [6, 6.07) is 12.8. The van der Waals surface area contributed by atoms with Crippen molar-refractivity contribution in [2.24, 2.45) is 0 Å². The van der Waals surface area contributed by atoms with E-state index < -0.39 is 0 Å². The minimum atomic E-state index is 0.387. The summed E-state index contributed by atoms with van der Waals surface area (Å²) in [6.07, 6.45) is 0.751. The lowest BCUT2D eigenvalue weighted by Crippen LogP contribution is -2.10. The van der Waals surface area contributed by atoms with Gasteiger partial charge >= 0.3 is 0 Å². The SMILES string of the molecule is Cc1cccc(OCCOc2ccc(C=O)cc2N)c1. The molecule has 0 atom stereocenters. The average Bonchev–Trinajstić information content (AvgIpc) is 2.45. The Balaban J connectivity index is 1.83. The number of rotatable bonds is 6. The van der Waals surface area contributed by atoms with E-state index in [2.05, 4.69) is 0 Å². The molecule has 104 valence electrons. The zero-order valence-corrected chi connectivity index (χ0v) is 11.3. The summed E-state index contributed by atoms with van der Waals surface area (Å²) < 4.78 is 11.1. The molecule has 2 rings (SSSR count). The van der Waals surface area contributed by atoms with Crippen molar-refractivity contribution >= 4 is 12.0 Å². The second-order valence-electron chi connectivity index (χ2n) is 4.43. The van der Waals surface area contributed by atoms with Crippen molar-refractivity contribution < 1.29 is 14.3 Å². The van der Waals surface area contributed by atoms with Crippen LogP contribution >= 0.6 is 0 Å². The molecule has 0 bridgehead atoms. The van der Waals surface area contributed by atoms with Gasteiger partial charge in [0.15, 0.2) is 0 Å². The quantitative estimate of drug-likeness (QED) is 0.498. The lowest BCUT2D eigenvalue weighted by molar-refractivity contribution is 0.112. The molecule has 0 aliphatic carbocycles. The maximum Gasteiger partial charge on any atom is 0.150 e. The molecule has 0 saturated heterocycles. The van der Waals surface area contributed by atoms with Crippen LogP contribution < -0.4 is 15.2 Å².